The highest BCUT2D eigenvalue weighted by molar-refractivity contribution is 6.41. The zero-order valence-electron chi connectivity index (χ0n) is 10.9. The second-order valence-corrected chi connectivity index (χ2v) is 5.65. The van der Waals surface area contributed by atoms with Gasteiger partial charge in [-0.2, -0.15) is 0 Å². The van der Waals surface area contributed by atoms with Crippen LogP contribution in [0.3, 0.4) is 0 Å². The van der Waals surface area contributed by atoms with E-state index < -0.39 is 0 Å². The van der Waals surface area contributed by atoms with Gasteiger partial charge in [-0.05, 0) is 31.7 Å². The molecule has 0 bridgehead atoms. The molecule has 1 atom stereocenters. The Hall–Kier alpha value is -0.710. The Morgan fingerprint density at radius 1 is 1.53 bits per heavy atom. The minimum absolute atomic E-state index is 0.0308. The molecule has 0 radical (unpaired) electrons. The monoisotopic (exact) mass is 304 g/mol. The molecule has 106 valence electrons. The van der Waals surface area contributed by atoms with Gasteiger partial charge in [-0.3, -0.25) is 4.79 Å². The lowest BCUT2D eigenvalue weighted by molar-refractivity contribution is 0.0715. The maximum absolute atomic E-state index is 12.5. The van der Waals surface area contributed by atoms with E-state index in [4.69, 9.17) is 28.3 Å². The largest absolute Gasteiger partial charge is 0.396 e. The van der Waals surface area contributed by atoms with Crippen LogP contribution in [-0.2, 0) is 7.05 Å². The lowest BCUT2D eigenvalue weighted by Crippen LogP contribution is -2.36. The van der Waals surface area contributed by atoms with Gasteiger partial charge < -0.3 is 14.6 Å². The third-order valence-corrected chi connectivity index (χ3v) is 4.51. The lowest BCUT2D eigenvalue weighted by Gasteiger charge is -2.24. The summed E-state index contributed by atoms with van der Waals surface area (Å²) in [5, 5.41) is 9.70. The van der Waals surface area contributed by atoms with Crippen molar-refractivity contribution < 1.29 is 9.90 Å². The molecule has 1 aromatic heterocycles. The first kappa shape index (κ1) is 14.7. The Balaban J connectivity index is 2.16. The van der Waals surface area contributed by atoms with Gasteiger partial charge in [-0.25, -0.2) is 0 Å². The van der Waals surface area contributed by atoms with E-state index in [-0.39, 0.29) is 18.6 Å². The first-order valence-corrected chi connectivity index (χ1v) is 7.24. The summed E-state index contributed by atoms with van der Waals surface area (Å²) in [4.78, 5) is 14.4. The molecule has 0 aromatic carbocycles. The van der Waals surface area contributed by atoms with E-state index in [2.05, 4.69) is 0 Å². The Morgan fingerprint density at radius 3 is 2.84 bits per heavy atom. The summed E-state index contributed by atoms with van der Waals surface area (Å²) in [6.45, 7) is 0.926. The normalized spacial score (nSPS) is 19.2. The molecule has 1 N–H and O–H groups in total. The molecule has 1 aromatic rings. The van der Waals surface area contributed by atoms with E-state index in [1.165, 1.54) is 0 Å². The fourth-order valence-electron chi connectivity index (χ4n) is 2.62. The summed E-state index contributed by atoms with van der Waals surface area (Å²) in [5.41, 5.74) is 0.519. The van der Waals surface area contributed by atoms with Crippen LogP contribution in [0, 0.1) is 0 Å². The van der Waals surface area contributed by atoms with Gasteiger partial charge in [0.2, 0.25) is 0 Å². The summed E-state index contributed by atoms with van der Waals surface area (Å²) in [5.74, 6) is -0.0308. The van der Waals surface area contributed by atoms with Crippen LogP contribution in [0.15, 0.2) is 6.07 Å². The smallest absolute Gasteiger partial charge is 0.270 e. The van der Waals surface area contributed by atoms with Crippen molar-refractivity contribution in [2.75, 3.05) is 13.2 Å². The van der Waals surface area contributed by atoms with E-state index in [1.807, 2.05) is 4.90 Å². The number of amides is 1. The van der Waals surface area contributed by atoms with E-state index in [0.29, 0.717) is 15.9 Å². The fraction of sp³-hybridized carbons (Fsp3) is 0.615. The first-order valence-electron chi connectivity index (χ1n) is 6.48. The number of carbonyl (C=O) groups is 1. The number of aromatic nitrogens is 1. The molecule has 6 heteroatoms. The highest BCUT2D eigenvalue weighted by Crippen LogP contribution is 2.29. The molecule has 0 saturated carbocycles. The summed E-state index contributed by atoms with van der Waals surface area (Å²) in [6.07, 6.45) is 3.57. The minimum Gasteiger partial charge on any atom is -0.396 e. The number of nitrogens with zero attached hydrogens (tertiary/aromatic N) is 2. The zero-order valence-corrected chi connectivity index (χ0v) is 12.4. The van der Waals surface area contributed by atoms with Gasteiger partial charge >= 0.3 is 0 Å². The van der Waals surface area contributed by atoms with Crippen LogP contribution in [0.1, 0.15) is 36.2 Å². The summed E-state index contributed by atoms with van der Waals surface area (Å²) in [6, 6.07) is 1.83. The van der Waals surface area contributed by atoms with E-state index in [1.54, 1.807) is 17.7 Å². The molecule has 1 aliphatic heterocycles. The van der Waals surface area contributed by atoms with Gasteiger partial charge in [0.05, 0.1) is 5.02 Å². The van der Waals surface area contributed by atoms with Crippen LogP contribution < -0.4 is 0 Å². The van der Waals surface area contributed by atoms with Crippen LogP contribution in [-0.4, -0.2) is 39.7 Å². The van der Waals surface area contributed by atoms with Crippen molar-refractivity contribution in [3.8, 4) is 0 Å². The highest BCUT2D eigenvalue weighted by atomic mass is 35.5. The van der Waals surface area contributed by atoms with Crippen LogP contribution in [0.4, 0.5) is 0 Å². The first-order chi connectivity index (χ1) is 9.06. The molecular weight excluding hydrogens is 287 g/mol. The van der Waals surface area contributed by atoms with Crippen LogP contribution >= 0.6 is 23.2 Å². The molecule has 19 heavy (non-hydrogen) atoms. The zero-order chi connectivity index (χ0) is 14.0. The van der Waals surface area contributed by atoms with E-state index in [9.17, 15) is 4.79 Å². The molecule has 0 spiro atoms. The molecule has 4 nitrogen and oxygen atoms in total. The molecule has 2 rings (SSSR count). The van der Waals surface area contributed by atoms with Crippen molar-refractivity contribution in [2.24, 2.45) is 7.05 Å². The van der Waals surface area contributed by atoms with Crippen LogP contribution in [0.25, 0.3) is 0 Å². The molecule has 1 saturated heterocycles. The van der Waals surface area contributed by atoms with Gasteiger partial charge in [-0.1, -0.05) is 23.2 Å². The number of aliphatic hydroxyl groups is 1. The molecule has 2 heterocycles. The van der Waals surface area contributed by atoms with Crippen LogP contribution in [0.5, 0.6) is 0 Å². The number of hydrogen-bond donors (Lipinski definition) is 1. The number of rotatable bonds is 4. The predicted molar refractivity (Wildman–Crippen MR) is 75.8 cm³/mol. The van der Waals surface area contributed by atoms with Gasteiger partial charge in [0.25, 0.3) is 5.91 Å². The SMILES string of the molecule is Cn1c(C(=O)N2CCCC2CCCO)cc(Cl)c1Cl. The topological polar surface area (TPSA) is 45.5 Å². The summed E-state index contributed by atoms with van der Waals surface area (Å²) >= 11 is 11.9. The molecule has 1 amide bonds. The van der Waals surface area contributed by atoms with Gasteiger partial charge in [-0.15, -0.1) is 0 Å². The van der Waals surface area contributed by atoms with Crippen molar-refractivity contribution >= 4 is 29.1 Å². The molecule has 1 aliphatic rings. The Kier molecular flexibility index (Phi) is 4.76. The Bertz CT molecular complexity index is 473. The Labute approximate surface area is 122 Å². The highest BCUT2D eigenvalue weighted by Gasteiger charge is 2.30. The maximum Gasteiger partial charge on any atom is 0.270 e. The number of aliphatic hydroxyl groups excluding tert-OH is 1. The predicted octanol–water partition coefficient (Wildman–Crippen LogP) is 2.71. The molecule has 0 aliphatic carbocycles. The fourth-order valence-corrected chi connectivity index (χ4v) is 3.00. The van der Waals surface area contributed by atoms with Gasteiger partial charge in [0.15, 0.2) is 0 Å². The molecule has 1 unspecified atom stereocenters. The minimum atomic E-state index is -0.0308. The Morgan fingerprint density at radius 2 is 2.26 bits per heavy atom. The summed E-state index contributed by atoms with van der Waals surface area (Å²) in [7, 11) is 1.74. The van der Waals surface area contributed by atoms with Crippen molar-refractivity contribution in [1.29, 1.82) is 0 Å². The number of carbonyl (C=O) groups excluding carboxylic acids is 1. The van der Waals surface area contributed by atoms with E-state index >= 15 is 0 Å². The average molecular weight is 305 g/mol. The van der Waals surface area contributed by atoms with Crippen molar-refractivity contribution in [3.05, 3.63) is 21.9 Å². The van der Waals surface area contributed by atoms with Crippen LogP contribution in [0.2, 0.25) is 10.2 Å². The standard InChI is InChI=1S/C13H18Cl2N2O2/c1-16-11(8-10(14)12(16)15)13(19)17-6-2-4-9(17)5-3-7-18/h8-9,18H,2-7H2,1H3. The van der Waals surface area contributed by atoms with Crippen molar-refractivity contribution in [3.63, 3.8) is 0 Å². The lowest BCUT2D eigenvalue weighted by atomic mass is 10.1. The van der Waals surface area contributed by atoms with Crippen molar-refractivity contribution in [2.45, 2.75) is 31.7 Å². The summed E-state index contributed by atoms with van der Waals surface area (Å²) < 4.78 is 1.62. The molecular formula is C13H18Cl2N2O2. The molecule has 1 fully saturated rings. The number of likely N-dealkylation sites (tertiary alicyclic amines) is 1. The van der Waals surface area contributed by atoms with Crippen molar-refractivity contribution in [1.82, 2.24) is 9.47 Å². The van der Waals surface area contributed by atoms with Gasteiger partial charge in [0.1, 0.15) is 10.8 Å². The van der Waals surface area contributed by atoms with E-state index in [0.717, 1.165) is 32.2 Å². The second-order valence-electron chi connectivity index (χ2n) is 4.89. The number of hydrogen-bond acceptors (Lipinski definition) is 2. The quantitative estimate of drug-likeness (QED) is 0.929. The van der Waals surface area contributed by atoms with Gasteiger partial charge in [0, 0.05) is 26.2 Å². The average Bonchev–Trinajstić information content (AvgIpc) is 2.96. The second kappa shape index (κ2) is 6.16. The maximum atomic E-state index is 12.5. The third-order valence-electron chi connectivity index (χ3n) is 3.67. The third kappa shape index (κ3) is 2.91. The number of halogens is 2.